The van der Waals surface area contributed by atoms with E-state index in [1.807, 2.05) is 24.8 Å². The molecule has 2 heterocycles. The Morgan fingerprint density at radius 1 is 1.33 bits per heavy atom. The number of rotatable bonds is 9. The summed E-state index contributed by atoms with van der Waals surface area (Å²) in [7, 11) is 0. The molecule has 1 unspecified atom stereocenters. The number of benzene rings is 1. The van der Waals surface area contributed by atoms with Crippen molar-refractivity contribution in [2.45, 2.75) is 32.9 Å². The van der Waals surface area contributed by atoms with E-state index in [4.69, 9.17) is 9.73 Å². The van der Waals surface area contributed by atoms with E-state index < -0.39 is 0 Å². The van der Waals surface area contributed by atoms with Gasteiger partial charge in [-0.1, -0.05) is 30.3 Å². The lowest BCUT2D eigenvalue weighted by Crippen LogP contribution is -2.40. The Hall–Kier alpha value is -2.34. The predicted molar refractivity (Wildman–Crippen MR) is 109 cm³/mol. The molecular formula is C21H31N5O. The molecule has 27 heavy (non-hydrogen) atoms. The number of hydrogen-bond donors (Lipinski definition) is 1. The summed E-state index contributed by atoms with van der Waals surface area (Å²) in [5.74, 6) is 1.61. The van der Waals surface area contributed by atoms with Crippen LogP contribution in [0.1, 0.15) is 25.3 Å². The molecule has 1 aliphatic heterocycles. The smallest absolute Gasteiger partial charge is 0.193 e. The monoisotopic (exact) mass is 369 g/mol. The van der Waals surface area contributed by atoms with Gasteiger partial charge in [-0.2, -0.15) is 0 Å². The van der Waals surface area contributed by atoms with Crippen LogP contribution in [-0.4, -0.2) is 53.2 Å². The average molecular weight is 370 g/mol. The maximum absolute atomic E-state index is 5.94. The summed E-state index contributed by atoms with van der Waals surface area (Å²) in [4.78, 5) is 11.3. The summed E-state index contributed by atoms with van der Waals surface area (Å²) in [6.45, 7) is 8.37. The van der Waals surface area contributed by atoms with Crippen LogP contribution in [0.2, 0.25) is 0 Å². The maximum Gasteiger partial charge on any atom is 0.193 e. The molecule has 0 aliphatic carbocycles. The van der Waals surface area contributed by atoms with Crippen molar-refractivity contribution in [1.82, 2.24) is 19.8 Å². The van der Waals surface area contributed by atoms with Crippen molar-refractivity contribution >= 4 is 5.96 Å². The number of hydrogen-bond acceptors (Lipinski definition) is 3. The van der Waals surface area contributed by atoms with Crippen LogP contribution in [0.4, 0.5) is 0 Å². The highest BCUT2D eigenvalue weighted by Crippen LogP contribution is 2.17. The molecule has 0 bridgehead atoms. The van der Waals surface area contributed by atoms with E-state index in [0.29, 0.717) is 12.5 Å². The zero-order valence-corrected chi connectivity index (χ0v) is 16.3. The fraction of sp³-hybridized carbons (Fsp3) is 0.524. The summed E-state index contributed by atoms with van der Waals surface area (Å²) in [6.07, 6.45) is 7.85. The van der Waals surface area contributed by atoms with E-state index in [2.05, 4.69) is 51.0 Å². The molecule has 6 heteroatoms. The normalized spacial score (nSPS) is 17.4. The van der Waals surface area contributed by atoms with Crippen LogP contribution in [-0.2, 0) is 17.9 Å². The molecule has 1 aromatic carbocycles. The Morgan fingerprint density at radius 2 is 2.22 bits per heavy atom. The Morgan fingerprint density at radius 3 is 3.00 bits per heavy atom. The van der Waals surface area contributed by atoms with E-state index in [1.165, 1.54) is 5.56 Å². The van der Waals surface area contributed by atoms with Crippen LogP contribution in [0.5, 0.6) is 0 Å². The van der Waals surface area contributed by atoms with Gasteiger partial charge in [-0.15, -0.1) is 0 Å². The fourth-order valence-corrected chi connectivity index (χ4v) is 3.36. The van der Waals surface area contributed by atoms with Gasteiger partial charge in [0.2, 0.25) is 0 Å². The van der Waals surface area contributed by atoms with Crippen molar-refractivity contribution in [3.63, 3.8) is 0 Å². The second-order valence-electron chi connectivity index (χ2n) is 6.99. The molecule has 6 nitrogen and oxygen atoms in total. The third-order valence-electron chi connectivity index (χ3n) is 4.78. The number of nitrogens with zero attached hydrogens (tertiary/aromatic N) is 4. The molecule has 0 saturated carbocycles. The standard InChI is InChI=1S/C21H31N5O/c1-2-23-21(24-10-6-12-25-14-11-22-18-25)26-13-9-20(15-26)17-27-16-19-7-4-3-5-8-19/h3-5,7-8,11,14,18,20H,2,6,9-10,12-13,15-17H2,1H3,(H,23,24). The quantitative estimate of drug-likeness (QED) is 0.420. The van der Waals surface area contributed by atoms with Gasteiger partial charge in [0.25, 0.3) is 0 Å². The first-order chi connectivity index (χ1) is 13.3. The van der Waals surface area contributed by atoms with Gasteiger partial charge >= 0.3 is 0 Å². The minimum absolute atomic E-state index is 0.573. The highest BCUT2D eigenvalue weighted by Gasteiger charge is 2.24. The van der Waals surface area contributed by atoms with Crippen LogP contribution in [0, 0.1) is 5.92 Å². The van der Waals surface area contributed by atoms with Crippen molar-refractivity contribution in [3.05, 3.63) is 54.6 Å². The van der Waals surface area contributed by atoms with Crippen LogP contribution in [0.25, 0.3) is 0 Å². The second-order valence-corrected chi connectivity index (χ2v) is 6.99. The van der Waals surface area contributed by atoms with Crippen LogP contribution in [0.15, 0.2) is 54.0 Å². The van der Waals surface area contributed by atoms with Gasteiger partial charge in [-0.3, -0.25) is 4.99 Å². The highest BCUT2D eigenvalue weighted by molar-refractivity contribution is 5.80. The topological polar surface area (TPSA) is 54.7 Å². The molecule has 0 amide bonds. The molecule has 1 aliphatic rings. The molecule has 1 aromatic heterocycles. The highest BCUT2D eigenvalue weighted by atomic mass is 16.5. The zero-order valence-electron chi connectivity index (χ0n) is 16.3. The minimum atomic E-state index is 0.573. The Balaban J connectivity index is 1.40. The van der Waals surface area contributed by atoms with Crippen LogP contribution >= 0.6 is 0 Å². The number of likely N-dealkylation sites (tertiary alicyclic amines) is 1. The Bertz CT molecular complexity index is 671. The molecule has 2 aromatic rings. The van der Waals surface area contributed by atoms with Crippen molar-refractivity contribution in [2.75, 3.05) is 32.8 Å². The Kier molecular flexibility index (Phi) is 7.71. The van der Waals surface area contributed by atoms with Gasteiger partial charge in [-0.05, 0) is 25.3 Å². The van der Waals surface area contributed by atoms with Crippen molar-refractivity contribution in [3.8, 4) is 0 Å². The van der Waals surface area contributed by atoms with E-state index in [0.717, 1.165) is 58.1 Å². The number of aromatic nitrogens is 2. The minimum Gasteiger partial charge on any atom is -0.376 e. The lowest BCUT2D eigenvalue weighted by Gasteiger charge is -2.21. The first kappa shape index (κ1) is 19.4. The molecular weight excluding hydrogens is 338 g/mol. The molecule has 1 saturated heterocycles. The first-order valence-electron chi connectivity index (χ1n) is 9.96. The molecule has 0 radical (unpaired) electrons. The fourth-order valence-electron chi connectivity index (χ4n) is 3.36. The van der Waals surface area contributed by atoms with Crippen LogP contribution < -0.4 is 5.32 Å². The maximum atomic E-state index is 5.94. The van der Waals surface area contributed by atoms with E-state index in [1.54, 1.807) is 0 Å². The molecule has 1 fully saturated rings. The number of aliphatic imine (C=N–C) groups is 1. The summed E-state index contributed by atoms with van der Waals surface area (Å²) in [5.41, 5.74) is 1.24. The molecule has 0 spiro atoms. The number of guanidine groups is 1. The van der Waals surface area contributed by atoms with Gasteiger partial charge < -0.3 is 19.5 Å². The number of aryl methyl sites for hydroxylation is 1. The largest absolute Gasteiger partial charge is 0.376 e. The predicted octanol–water partition coefficient (Wildman–Crippen LogP) is 2.78. The van der Waals surface area contributed by atoms with Crippen molar-refractivity contribution in [2.24, 2.45) is 10.9 Å². The second kappa shape index (κ2) is 10.7. The number of ether oxygens (including phenoxy) is 1. The lowest BCUT2D eigenvalue weighted by atomic mass is 10.1. The average Bonchev–Trinajstić information content (AvgIpc) is 3.37. The van der Waals surface area contributed by atoms with Crippen LogP contribution in [0.3, 0.4) is 0 Å². The number of nitrogens with one attached hydrogen (secondary N) is 1. The van der Waals surface area contributed by atoms with Crippen molar-refractivity contribution < 1.29 is 4.74 Å². The van der Waals surface area contributed by atoms with E-state index >= 15 is 0 Å². The van der Waals surface area contributed by atoms with Gasteiger partial charge in [0, 0.05) is 51.0 Å². The number of imidazole rings is 1. The molecule has 1 atom stereocenters. The van der Waals surface area contributed by atoms with Gasteiger partial charge in [0.1, 0.15) is 0 Å². The molecule has 1 N–H and O–H groups in total. The SMILES string of the molecule is CCNC(=NCCCn1ccnc1)N1CCC(COCc2ccccc2)C1. The summed E-state index contributed by atoms with van der Waals surface area (Å²) in [6, 6.07) is 10.4. The van der Waals surface area contributed by atoms with Gasteiger partial charge in [0.05, 0.1) is 19.5 Å². The third-order valence-corrected chi connectivity index (χ3v) is 4.78. The zero-order chi connectivity index (χ0) is 18.7. The summed E-state index contributed by atoms with van der Waals surface area (Å²) < 4.78 is 8.03. The third kappa shape index (κ3) is 6.40. The first-order valence-corrected chi connectivity index (χ1v) is 9.96. The summed E-state index contributed by atoms with van der Waals surface area (Å²) >= 11 is 0. The van der Waals surface area contributed by atoms with Gasteiger partial charge in [-0.25, -0.2) is 4.98 Å². The van der Waals surface area contributed by atoms with Gasteiger partial charge in [0.15, 0.2) is 5.96 Å². The van der Waals surface area contributed by atoms with Crippen molar-refractivity contribution in [1.29, 1.82) is 0 Å². The van der Waals surface area contributed by atoms with E-state index in [-0.39, 0.29) is 0 Å². The molecule has 146 valence electrons. The van der Waals surface area contributed by atoms with E-state index in [9.17, 15) is 0 Å². The Labute approximate surface area is 162 Å². The summed E-state index contributed by atoms with van der Waals surface area (Å²) in [5, 5.41) is 3.44. The lowest BCUT2D eigenvalue weighted by molar-refractivity contribution is 0.0907. The molecule has 3 rings (SSSR count).